The third-order valence-corrected chi connectivity index (χ3v) is 3.81. The van der Waals surface area contributed by atoms with Crippen molar-refractivity contribution in [2.24, 2.45) is 0 Å². The maximum atomic E-state index is 10.1. The fraction of sp³-hybridized carbons (Fsp3) is 0.647. The summed E-state index contributed by atoms with van der Waals surface area (Å²) in [7, 11) is 1.63. The van der Waals surface area contributed by atoms with Crippen molar-refractivity contribution in [2.45, 2.75) is 19.6 Å². The minimum atomic E-state index is -0.528. The Labute approximate surface area is 138 Å². The molecule has 1 heterocycles. The topological polar surface area (TPSA) is 63.2 Å². The van der Waals surface area contributed by atoms with Crippen LogP contribution in [0.1, 0.15) is 12.5 Å². The molecule has 0 saturated carbocycles. The molecule has 1 unspecified atom stereocenters. The molecule has 0 amide bonds. The van der Waals surface area contributed by atoms with E-state index < -0.39 is 6.10 Å². The smallest absolute Gasteiger partial charge is 0.161 e. The lowest BCUT2D eigenvalue weighted by molar-refractivity contribution is 0.00445. The number of hydrogen-bond donors (Lipinski definition) is 2. The van der Waals surface area contributed by atoms with Crippen molar-refractivity contribution in [3.05, 3.63) is 23.8 Å². The van der Waals surface area contributed by atoms with Gasteiger partial charge in [-0.3, -0.25) is 4.90 Å². The molecule has 1 atom stereocenters. The number of aliphatic hydroxyl groups is 1. The number of nitrogens with one attached hydrogen (secondary N) is 1. The number of benzene rings is 1. The van der Waals surface area contributed by atoms with E-state index in [1.165, 1.54) is 0 Å². The Morgan fingerprint density at radius 1 is 1.30 bits per heavy atom. The summed E-state index contributed by atoms with van der Waals surface area (Å²) in [6.07, 6.45) is -0.528. The highest BCUT2D eigenvalue weighted by Gasteiger charge is 2.16. The van der Waals surface area contributed by atoms with Crippen LogP contribution < -0.4 is 14.8 Å². The third-order valence-electron chi connectivity index (χ3n) is 3.81. The van der Waals surface area contributed by atoms with Crippen LogP contribution in [-0.2, 0) is 11.3 Å². The van der Waals surface area contributed by atoms with Gasteiger partial charge in [0.1, 0.15) is 12.7 Å². The lowest BCUT2D eigenvalue weighted by atomic mass is 10.2. The number of morpholine rings is 1. The van der Waals surface area contributed by atoms with Crippen molar-refractivity contribution in [3.63, 3.8) is 0 Å². The molecule has 1 aromatic rings. The van der Waals surface area contributed by atoms with E-state index >= 15 is 0 Å². The van der Waals surface area contributed by atoms with Gasteiger partial charge in [-0.1, -0.05) is 13.0 Å². The lowest BCUT2D eigenvalue weighted by Crippen LogP contribution is -2.42. The molecule has 0 aromatic heterocycles. The summed E-state index contributed by atoms with van der Waals surface area (Å²) in [6, 6.07) is 5.87. The lowest BCUT2D eigenvalue weighted by Gasteiger charge is -2.28. The molecule has 2 rings (SSSR count). The SMILES string of the molecule is CCNCc1ccc(OCC(O)CN2CCOCC2)c(OC)c1. The Kier molecular flexibility index (Phi) is 7.61. The van der Waals surface area contributed by atoms with E-state index in [1.807, 2.05) is 18.2 Å². The molecular weight excluding hydrogens is 296 g/mol. The van der Waals surface area contributed by atoms with Gasteiger partial charge >= 0.3 is 0 Å². The highest BCUT2D eigenvalue weighted by atomic mass is 16.5. The van der Waals surface area contributed by atoms with Crippen molar-refractivity contribution < 1.29 is 19.3 Å². The van der Waals surface area contributed by atoms with Gasteiger partial charge in [-0.2, -0.15) is 0 Å². The summed E-state index contributed by atoms with van der Waals surface area (Å²) >= 11 is 0. The second kappa shape index (κ2) is 9.72. The van der Waals surface area contributed by atoms with E-state index in [0.29, 0.717) is 18.0 Å². The molecule has 0 bridgehead atoms. The first kappa shape index (κ1) is 18.0. The first-order valence-corrected chi connectivity index (χ1v) is 8.21. The van der Waals surface area contributed by atoms with Crippen molar-refractivity contribution in [1.29, 1.82) is 0 Å². The van der Waals surface area contributed by atoms with Gasteiger partial charge in [-0.25, -0.2) is 0 Å². The molecule has 2 N–H and O–H groups in total. The second-order valence-electron chi connectivity index (χ2n) is 5.64. The van der Waals surface area contributed by atoms with Gasteiger partial charge < -0.3 is 24.6 Å². The Morgan fingerprint density at radius 2 is 2.09 bits per heavy atom. The predicted octanol–water partition coefficient (Wildman–Crippen LogP) is 0.877. The molecule has 1 saturated heterocycles. The van der Waals surface area contributed by atoms with Gasteiger partial charge in [-0.05, 0) is 24.2 Å². The van der Waals surface area contributed by atoms with Gasteiger partial charge in [0.2, 0.25) is 0 Å². The van der Waals surface area contributed by atoms with Crippen molar-refractivity contribution in [1.82, 2.24) is 10.2 Å². The Bertz CT molecular complexity index is 464. The van der Waals surface area contributed by atoms with Crippen LogP contribution in [0.5, 0.6) is 11.5 Å². The van der Waals surface area contributed by atoms with E-state index in [9.17, 15) is 5.11 Å². The summed E-state index contributed by atoms with van der Waals surface area (Å²) in [6.45, 7) is 7.83. The highest BCUT2D eigenvalue weighted by molar-refractivity contribution is 5.43. The number of nitrogens with zero attached hydrogens (tertiary/aromatic N) is 1. The van der Waals surface area contributed by atoms with Gasteiger partial charge in [0, 0.05) is 26.2 Å². The normalized spacial score (nSPS) is 17.0. The number of aliphatic hydroxyl groups excluding tert-OH is 1. The zero-order valence-corrected chi connectivity index (χ0v) is 14.1. The maximum Gasteiger partial charge on any atom is 0.161 e. The molecule has 1 aromatic carbocycles. The monoisotopic (exact) mass is 324 g/mol. The van der Waals surface area contributed by atoms with Crippen LogP contribution in [-0.4, -0.2) is 69.2 Å². The molecule has 6 heteroatoms. The summed E-state index contributed by atoms with van der Waals surface area (Å²) in [5.41, 5.74) is 1.14. The molecule has 1 aliphatic rings. The number of ether oxygens (including phenoxy) is 3. The summed E-state index contributed by atoms with van der Waals surface area (Å²) in [4.78, 5) is 2.19. The number of methoxy groups -OCH3 is 1. The third kappa shape index (κ3) is 5.99. The van der Waals surface area contributed by atoms with E-state index in [4.69, 9.17) is 14.2 Å². The fourth-order valence-electron chi connectivity index (χ4n) is 2.53. The molecule has 130 valence electrons. The first-order chi connectivity index (χ1) is 11.2. The van der Waals surface area contributed by atoms with Crippen molar-refractivity contribution in [2.75, 3.05) is 53.1 Å². The Balaban J connectivity index is 1.83. The zero-order chi connectivity index (χ0) is 16.5. The Morgan fingerprint density at radius 3 is 2.78 bits per heavy atom. The predicted molar refractivity (Wildman–Crippen MR) is 89.1 cm³/mol. The van der Waals surface area contributed by atoms with Crippen LogP contribution in [0.3, 0.4) is 0 Å². The second-order valence-corrected chi connectivity index (χ2v) is 5.64. The molecule has 6 nitrogen and oxygen atoms in total. The molecule has 0 spiro atoms. The van der Waals surface area contributed by atoms with Gasteiger partial charge in [0.05, 0.1) is 20.3 Å². The number of hydrogen-bond acceptors (Lipinski definition) is 6. The minimum Gasteiger partial charge on any atom is -0.493 e. The van der Waals surface area contributed by atoms with Crippen LogP contribution in [0.4, 0.5) is 0 Å². The molecule has 23 heavy (non-hydrogen) atoms. The largest absolute Gasteiger partial charge is 0.493 e. The highest BCUT2D eigenvalue weighted by Crippen LogP contribution is 2.28. The van der Waals surface area contributed by atoms with Crippen LogP contribution >= 0.6 is 0 Å². The van der Waals surface area contributed by atoms with E-state index in [2.05, 4.69) is 17.1 Å². The van der Waals surface area contributed by atoms with Crippen LogP contribution in [0.25, 0.3) is 0 Å². The first-order valence-electron chi connectivity index (χ1n) is 8.21. The van der Waals surface area contributed by atoms with Gasteiger partial charge in [-0.15, -0.1) is 0 Å². The standard InChI is InChI=1S/C17H28N2O4/c1-3-18-11-14-4-5-16(17(10-14)21-2)23-13-15(20)12-19-6-8-22-9-7-19/h4-5,10,15,18,20H,3,6-9,11-13H2,1-2H3. The van der Waals surface area contributed by atoms with Crippen LogP contribution in [0.15, 0.2) is 18.2 Å². The van der Waals surface area contributed by atoms with Crippen LogP contribution in [0, 0.1) is 0 Å². The quantitative estimate of drug-likeness (QED) is 0.703. The summed E-state index contributed by atoms with van der Waals surface area (Å²) in [5.74, 6) is 1.35. The Hall–Kier alpha value is -1.34. The van der Waals surface area contributed by atoms with E-state index in [-0.39, 0.29) is 6.61 Å². The van der Waals surface area contributed by atoms with Crippen molar-refractivity contribution in [3.8, 4) is 11.5 Å². The molecule has 1 aliphatic heterocycles. The average Bonchev–Trinajstić information content (AvgIpc) is 2.59. The summed E-state index contributed by atoms with van der Waals surface area (Å²) in [5, 5.41) is 13.4. The maximum absolute atomic E-state index is 10.1. The molecule has 0 radical (unpaired) electrons. The fourth-order valence-corrected chi connectivity index (χ4v) is 2.53. The molecule has 0 aliphatic carbocycles. The minimum absolute atomic E-state index is 0.250. The average molecular weight is 324 g/mol. The zero-order valence-electron chi connectivity index (χ0n) is 14.1. The van der Waals surface area contributed by atoms with Crippen molar-refractivity contribution >= 4 is 0 Å². The number of rotatable bonds is 9. The van der Waals surface area contributed by atoms with Gasteiger partial charge in [0.15, 0.2) is 11.5 Å². The molecule has 1 fully saturated rings. The summed E-state index contributed by atoms with van der Waals surface area (Å²) < 4.78 is 16.4. The number of β-amino-alcohol motifs (C(OH)–C–C–N with tert-alkyl or cyclic N) is 1. The van der Waals surface area contributed by atoms with E-state index in [1.54, 1.807) is 7.11 Å². The van der Waals surface area contributed by atoms with Gasteiger partial charge in [0.25, 0.3) is 0 Å². The van der Waals surface area contributed by atoms with Crippen LogP contribution in [0.2, 0.25) is 0 Å². The van der Waals surface area contributed by atoms with E-state index in [0.717, 1.165) is 45.0 Å². The molecular formula is C17H28N2O4.